The summed E-state index contributed by atoms with van der Waals surface area (Å²) in [6, 6.07) is 29.7. The van der Waals surface area contributed by atoms with Crippen molar-refractivity contribution in [3.05, 3.63) is 102 Å². The third-order valence-corrected chi connectivity index (χ3v) is 6.55. The van der Waals surface area contributed by atoms with Crippen molar-refractivity contribution in [2.24, 2.45) is 0 Å². The summed E-state index contributed by atoms with van der Waals surface area (Å²) in [5, 5.41) is 7.99. The fourth-order valence-electron chi connectivity index (χ4n) is 4.77. The first-order valence-corrected chi connectivity index (χ1v) is 12.1. The van der Waals surface area contributed by atoms with E-state index < -0.39 is 0 Å². The van der Waals surface area contributed by atoms with Crippen LogP contribution in [0.5, 0.6) is 5.75 Å². The molecule has 1 aromatic heterocycles. The Kier molecular flexibility index (Phi) is 6.91. The smallest absolute Gasteiger partial charge is 0.270 e. The van der Waals surface area contributed by atoms with E-state index in [2.05, 4.69) is 16.3 Å². The second kappa shape index (κ2) is 10.6. The average molecular weight is 467 g/mol. The van der Waals surface area contributed by atoms with Gasteiger partial charge in [0, 0.05) is 17.7 Å². The Morgan fingerprint density at radius 1 is 0.943 bits per heavy atom. The number of benzene rings is 3. The van der Waals surface area contributed by atoms with Crippen LogP contribution in [0, 0.1) is 0 Å². The molecule has 1 atom stereocenters. The number of carbonyl (C=O) groups excluding carboxylic acids is 1. The lowest BCUT2D eigenvalue weighted by Crippen LogP contribution is -2.37. The van der Waals surface area contributed by atoms with E-state index in [-0.39, 0.29) is 11.9 Å². The number of nitrogens with one attached hydrogen (secondary N) is 1. The molecule has 1 saturated heterocycles. The second-order valence-electron chi connectivity index (χ2n) is 8.74. The van der Waals surface area contributed by atoms with Gasteiger partial charge in [0.25, 0.3) is 5.91 Å². The Morgan fingerprint density at radius 2 is 1.60 bits per heavy atom. The highest BCUT2D eigenvalue weighted by molar-refractivity contribution is 5.94. The van der Waals surface area contributed by atoms with Crippen molar-refractivity contribution >= 4 is 5.91 Å². The lowest BCUT2D eigenvalue weighted by molar-refractivity contribution is 0.0929. The Bertz CT molecular complexity index is 1260. The summed E-state index contributed by atoms with van der Waals surface area (Å²) in [5.41, 5.74) is 4.19. The number of aromatic nitrogens is 2. The van der Waals surface area contributed by atoms with Crippen LogP contribution >= 0.6 is 0 Å². The molecule has 0 saturated carbocycles. The minimum Gasteiger partial charge on any atom is -0.496 e. The lowest BCUT2D eigenvalue weighted by atomic mass is 10.0. The maximum absolute atomic E-state index is 13.6. The number of hydrogen-bond donors (Lipinski definition) is 1. The number of hydrogen-bond acceptors (Lipinski definition) is 4. The van der Waals surface area contributed by atoms with E-state index in [4.69, 9.17) is 9.84 Å². The standard InChI is InChI=1S/C29H30N4O2/c1-35-28-17-9-8-16-24(28)27(32-18-10-11-19-32)21-30-29(34)26-20-25(22-12-4-2-5-13-22)31-33(26)23-14-6-3-7-15-23/h2-9,12-17,20,27H,10-11,18-19,21H2,1H3,(H,30,34)/t27-/m1/s1. The zero-order valence-electron chi connectivity index (χ0n) is 19.9. The number of ether oxygens (including phenoxy) is 1. The van der Waals surface area contributed by atoms with E-state index >= 15 is 0 Å². The van der Waals surface area contributed by atoms with E-state index in [1.165, 1.54) is 12.8 Å². The van der Waals surface area contributed by atoms with Gasteiger partial charge in [-0.05, 0) is 50.2 Å². The number of rotatable bonds is 8. The Balaban J connectivity index is 1.44. The summed E-state index contributed by atoms with van der Waals surface area (Å²) in [6.07, 6.45) is 2.33. The van der Waals surface area contributed by atoms with Gasteiger partial charge in [-0.2, -0.15) is 5.10 Å². The van der Waals surface area contributed by atoms with Crippen LogP contribution in [-0.4, -0.2) is 47.3 Å². The van der Waals surface area contributed by atoms with Crippen molar-refractivity contribution in [1.82, 2.24) is 20.0 Å². The fourth-order valence-corrected chi connectivity index (χ4v) is 4.77. The Morgan fingerprint density at radius 3 is 2.31 bits per heavy atom. The predicted molar refractivity (Wildman–Crippen MR) is 138 cm³/mol. The molecule has 0 spiro atoms. The Hall–Kier alpha value is -3.90. The second-order valence-corrected chi connectivity index (χ2v) is 8.74. The highest BCUT2D eigenvalue weighted by Gasteiger charge is 2.27. The molecule has 0 radical (unpaired) electrons. The highest BCUT2D eigenvalue weighted by Crippen LogP contribution is 2.31. The molecule has 6 nitrogen and oxygen atoms in total. The molecule has 1 aliphatic rings. The van der Waals surface area contributed by atoms with Gasteiger partial charge in [0.05, 0.1) is 24.5 Å². The van der Waals surface area contributed by atoms with E-state index in [0.717, 1.165) is 41.3 Å². The topological polar surface area (TPSA) is 59.4 Å². The SMILES string of the molecule is COc1ccccc1[C@@H](CNC(=O)c1cc(-c2ccccc2)nn1-c1ccccc1)N1CCCC1. The summed E-state index contributed by atoms with van der Waals surface area (Å²) in [5.74, 6) is 0.696. The monoisotopic (exact) mass is 466 g/mol. The highest BCUT2D eigenvalue weighted by atomic mass is 16.5. The minimum absolute atomic E-state index is 0.0410. The van der Waals surface area contributed by atoms with Crippen molar-refractivity contribution in [1.29, 1.82) is 0 Å². The lowest BCUT2D eigenvalue weighted by Gasteiger charge is -2.29. The van der Waals surface area contributed by atoms with Gasteiger partial charge < -0.3 is 10.1 Å². The molecule has 1 N–H and O–H groups in total. The zero-order valence-corrected chi connectivity index (χ0v) is 19.9. The van der Waals surface area contributed by atoms with E-state index in [1.807, 2.05) is 84.9 Å². The van der Waals surface area contributed by atoms with Crippen molar-refractivity contribution in [2.75, 3.05) is 26.7 Å². The van der Waals surface area contributed by atoms with Crippen molar-refractivity contribution < 1.29 is 9.53 Å². The van der Waals surface area contributed by atoms with Crippen LogP contribution in [0.3, 0.4) is 0 Å². The first kappa shape index (κ1) is 22.9. The third-order valence-electron chi connectivity index (χ3n) is 6.55. The predicted octanol–water partition coefficient (Wildman–Crippen LogP) is 5.11. The average Bonchev–Trinajstić information content (AvgIpc) is 3.61. The zero-order chi connectivity index (χ0) is 24.0. The van der Waals surface area contributed by atoms with E-state index in [9.17, 15) is 4.79 Å². The van der Waals surface area contributed by atoms with Gasteiger partial charge in [0.2, 0.25) is 0 Å². The first-order chi connectivity index (χ1) is 17.2. The van der Waals surface area contributed by atoms with Crippen LogP contribution in [0.2, 0.25) is 0 Å². The molecular formula is C29H30N4O2. The fraction of sp³-hybridized carbons (Fsp3) is 0.241. The van der Waals surface area contributed by atoms with Gasteiger partial charge in [0.1, 0.15) is 11.4 Å². The van der Waals surface area contributed by atoms with Crippen molar-refractivity contribution in [3.8, 4) is 22.7 Å². The molecule has 3 aromatic carbocycles. The maximum Gasteiger partial charge on any atom is 0.270 e. The maximum atomic E-state index is 13.6. The number of methoxy groups -OCH3 is 1. The number of nitrogens with zero attached hydrogens (tertiary/aromatic N) is 3. The number of likely N-dealkylation sites (tertiary alicyclic amines) is 1. The van der Waals surface area contributed by atoms with Crippen LogP contribution in [0.15, 0.2) is 91.0 Å². The van der Waals surface area contributed by atoms with Crippen LogP contribution in [0.1, 0.15) is 34.9 Å². The van der Waals surface area contributed by atoms with Gasteiger partial charge in [-0.25, -0.2) is 4.68 Å². The van der Waals surface area contributed by atoms with Gasteiger partial charge in [-0.1, -0.05) is 66.7 Å². The largest absolute Gasteiger partial charge is 0.496 e. The van der Waals surface area contributed by atoms with Gasteiger partial charge >= 0.3 is 0 Å². The summed E-state index contributed by atoms with van der Waals surface area (Å²) < 4.78 is 7.38. The van der Waals surface area contributed by atoms with Crippen LogP contribution < -0.4 is 10.1 Å². The van der Waals surface area contributed by atoms with Gasteiger partial charge in [0.15, 0.2) is 0 Å². The molecule has 35 heavy (non-hydrogen) atoms. The van der Waals surface area contributed by atoms with E-state index in [1.54, 1.807) is 11.8 Å². The summed E-state index contributed by atoms with van der Waals surface area (Å²) in [6.45, 7) is 2.51. The summed E-state index contributed by atoms with van der Waals surface area (Å²) in [4.78, 5) is 16.0. The summed E-state index contributed by atoms with van der Waals surface area (Å²) >= 11 is 0. The quantitative estimate of drug-likeness (QED) is 0.392. The number of carbonyl (C=O) groups is 1. The molecule has 178 valence electrons. The third kappa shape index (κ3) is 4.98. The summed E-state index contributed by atoms with van der Waals surface area (Å²) in [7, 11) is 1.70. The van der Waals surface area contributed by atoms with Gasteiger partial charge in [-0.15, -0.1) is 0 Å². The molecule has 4 aromatic rings. The molecule has 5 rings (SSSR count). The number of amides is 1. The molecule has 2 heterocycles. The molecule has 1 fully saturated rings. The van der Waals surface area contributed by atoms with E-state index in [0.29, 0.717) is 12.2 Å². The minimum atomic E-state index is -0.150. The van der Waals surface area contributed by atoms with Crippen LogP contribution in [-0.2, 0) is 0 Å². The first-order valence-electron chi connectivity index (χ1n) is 12.1. The number of para-hydroxylation sites is 2. The molecule has 1 amide bonds. The molecule has 0 unspecified atom stereocenters. The normalized spacial score (nSPS) is 14.5. The molecular weight excluding hydrogens is 436 g/mol. The van der Waals surface area contributed by atoms with Crippen LogP contribution in [0.4, 0.5) is 0 Å². The molecule has 0 bridgehead atoms. The molecule has 0 aliphatic carbocycles. The molecule has 1 aliphatic heterocycles. The van der Waals surface area contributed by atoms with Gasteiger partial charge in [-0.3, -0.25) is 9.69 Å². The molecule has 6 heteroatoms. The van der Waals surface area contributed by atoms with Crippen molar-refractivity contribution in [2.45, 2.75) is 18.9 Å². The van der Waals surface area contributed by atoms with Crippen molar-refractivity contribution in [3.63, 3.8) is 0 Å². The van der Waals surface area contributed by atoms with Crippen LogP contribution in [0.25, 0.3) is 16.9 Å². The Labute approximate surface area is 206 Å².